The largest absolute Gasteiger partial charge is 0.364 e. The molecule has 0 unspecified atom stereocenters. The van der Waals surface area contributed by atoms with Crippen LogP contribution in [-0.2, 0) is 10.2 Å². The van der Waals surface area contributed by atoms with Gasteiger partial charge in [-0.25, -0.2) is 4.37 Å². The van der Waals surface area contributed by atoms with Crippen LogP contribution in [0.5, 0.6) is 0 Å². The molecule has 0 aromatic carbocycles. The highest BCUT2D eigenvalue weighted by Gasteiger charge is 2.31. The molecule has 8 heteroatoms. The number of hydrazine groups is 1. The minimum atomic E-state index is -0.788. The quantitative estimate of drug-likeness (QED) is 0.813. The molecule has 0 aliphatic heterocycles. The Hall–Kier alpha value is -2.22. The average Bonchev–Trinajstić information content (AvgIpc) is 3.06. The molecule has 2 aromatic rings. The number of carbonyl (C=O) groups is 2. The molecule has 100 valence electrons. The van der Waals surface area contributed by atoms with Crippen LogP contribution < -0.4 is 10.9 Å². The van der Waals surface area contributed by atoms with Gasteiger partial charge in [0.05, 0.1) is 5.41 Å². The lowest BCUT2D eigenvalue weighted by Gasteiger charge is -2.22. The molecule has 2 rings (SSSR count). The lowest BCUT2D eigenvalue weighted by molar-refractivity contribution is -0.126. The van der Waals surface area contributed by atoms with Crippen LogP contribution in [0.3, 0.4) is 0 Å². The van der Waals surface area contributed by atoms with Crippen LogP contribution in [0.1, 0.15) is 29.9 Å². The first-order chi connectivity index (χ1) is 9.01. The second kappa shape index (κ2) is 5.19. The van der Waals surface area contributed by atoms with E-state index in [0.717, 1.165) is 5.56 Å². The molecule has 2 amide bonds. The minimum absolute atomic E-state index is 0.0929. The molecule has 0 bridgehead atoms. The Kier molecular flexibility index (Phi) is 3.61. The summed E-state index contributed by atoms with van der Waals surface area (Å²) in [5, 5.41) is 5.25. The predicted molar refractivity (Wildman–Crippen MR) is 67.3 cm³/mol. The Bertz CT molecular complexity index is 563. The number of hydrogen-bond acceptors (Lipinski definition) is 6. The normalized spacial score (nSPS) is 11.1. The zero-order valence-electron chi connectivity index (χ0n) is 10.3. The fourth-order valence-electron chi connectivity index (χ4n) is 1.31. The lowest BCUT2D eigenvalue weighted by Crippen LogP contribution is -2.49. The summed E-state index contributed by atoms with van der Waals surface area (Å²) in [7, 11) is 0. The Morgan fingerprint density at radius 3 is 2.74 bits per heavy atom. The van der Waals surface area contributed by atoms with Gasteiger partial charge in [0, 0.05) is 17.6 Å². The van der Waals surface area contributed by atoms with Gasteiger partial charge in [0.1, 0.15) is 6.26 Å². The van der Waals surface area contributed by atoms with Crippen molar-refractivity contribution in [2.45, 2.75) is 19.3 Å². The first kappa shape index (κ1) is 13.2. The fraction of sp³-hybridized carbons (Fsp3) is 0.273. The van der Waals surface area contributed by atoms with E-state index in [1.165, 1.54) is 23.9 Å². The molecular weight excluding hydrogens is 268 g/mol. The first-order valence-electron chi connectivity index (χ1n) is 5.43. The van der Waals surface area contributed by atoms with E-state index in [1.54, 1.807) is 25.4 Å². The van der Waals surface area contributed by atoms with Crippen molar-refractivity contribution in [1.82, 2.24) is 20.4 Å². The third kappa shape index (κ3) is 2.79. The number of amides is 2. The van der Waals surface area contributed by atoms with Crippen LogP contribution in [0, 0.1) is 0 Å². The number of nitrogens with one attached hydrogen (secondary N) is 2. The van der Waals surface area contributed by atoms with Crippen molar-refractivity contribution in [2.24, 2.45) is 0 Å². The van der Waals surface area contributed by atoms with Crippen LogP contribution in [0.25, 0.3) is 0 Å². The van der Waals surface area contributed by atoms with Crippen LogP contribution in [0.15, 0.2) is 28.4 Å². The zero-order chi connectivity index (χ0) is 13.9. The maximum Gasteiger partial charge on any atom is 0.291 e. The third-order valence-corrected chi connectivity index (χ3v) is 3.27. The van der Waals surface area contributed by atoms with E-state index < -0.39 is 11.3 Å². The molecular formula is C11H12N4O3S. The highest BCUT2D eigenvalue weighted by Crippen LogP contribution is 2.23. The molecule has 2 heterocycles. The van der Waals surface area contributed by atoms with E-state index >= 15 is 0 Å². The summed E-state index contributed by atoms with van der Waals surface area (Å²) in [6, 6.07) is 1.40. The van der Waals surface area contributed by atoms with Crippen molar-refractivity contribution < 1.29 is 14.1 Å². The van der Waals surface area contributed by atoms with Gasteiger partial charge < -0.3 is 4.52 Å². The van der Waals surface area contributed by atoms with Crippen molar-refractivity contribution in [1.29, 1.82) is 0 Å². The Balaban J connectivity index is 1.96. The molecule has 2 N–H and O–H groups in total. The van der Waals surface area contributed by atoms with E-state index in [2.05, 4.69) is 24.9 Å². The summed E-state index contributed by atoms with van der Waals surface area (Å²) in [6.07, 6.45) is 2.90. The van der Waals surface area contributed by atoms with Gasteiger partial charge in [-0.2, -0.15) is 0 Å². The van der Waals surface area contributed by atoms with Gasteiger partial charge in [-0.3, -0.25) is 20.4 Å². The van der Waals surface area contributed by atoms with E-state index in [1.807, 2.05) is 0 Å². The van der Waals surface area contributed by atoms with Crippen LogP contribution >= 0.6 is 11.5 Å². The maximum absolute atomic E-state index is 12.0. The molecule has 0 atom stereocenters. The molecule has 0 saturated carbocycles. The highest BCUT2D eigenvalue weighted by molar-refractivity contribution is 7.03. The average molecular weight is 280 g/mol. The molecule has 0 saturated heterocycles. The van der Waals surface area contributed by atoms with Crippen molar-refractivity contribution in [3.05, 3.63) is 35.2 Å². The molecule has 0 aliphatic rings. The molecule has 2 aromatic heterocycles. The van der Waals surface area contributed by atoms with Gasteiger partial charge in [-0.1, -0.05) is 5.16 Å². The lowest BCUT2D eigenvalue weighted by atomic mass is 9.86. The van der Waals surface area contributed by atoms with E-state index in [4.69, 9.17) is 0 Å². The van der Waals surface area contributed by atoms with Crippen molar-refractivity contribution in [2.75, 3.05) is 0 Å². The van der Waals surface area contributed by atoms with Crippen molar-refractivity contribution in [3.8, 4) is 0 Å². The number of carbonyl (C=O) groups excluding carboxylic acids is 2. The topological polar surface area (TPSA) is 97.1 Å². The Morgan fingerprint density at radius 2 is 2.16 bits per heavy atom. The van der Waals surface area contributed by atoms with Gasteiger partial charge in [0.15, 0.2) is 5.69 Å². The summed E-state index contributed by atoms with van der Waals surface area (Å²) < 4.78 is 8.50. The van der Waals surface area contributed by atoms with Crippen LogP contribution in [-0.4, -0.2) is 21.3 Å². The standard InChI is InChI=1S/C11H12N4O3S/c1-11(2,7-5-12-19-6-7)10(17)14-13-9(16)8-3-4-18-15-8/h3-6H,1-2H3,(H,13,16)(H,14,17). The molecule has 0 aliphatic carbocycles. The summed E-state index contributed by atoms with van der Waals surface area (Å²) >= 11 is 1.27. The maximum atomic E-state index is 12.0. The van der Waals surface area contributed by atoms with Crippen molar-refractivity contribution >= 4 is 23.3 Å². The summed E-state index contributed by atoms with van der Waals surface area (Å²) in [5.74, 6) is -0.883. The molecule has 0 radical (unpaired) electrons. The third-order valence-electron chi connectivity index (χ3n) is 2.68. The number of hydrogen-bond donors (Lipinski definition) is 2. The van der Waals surface area contributed by atoms with Crippen molar-refractivity contribution in [3.63, 3.8) is 0 Å². The molecule has 7 nitrogen and oxygen atoms in total. The van der Waals surface area contributed by atoms with Gasteiger partial charge in [-0.05, 0) is 30.9 Å². The summed E-state index contributed by atoms with van der Waals surface area (Å²) in [6.45, 7) is 3.49. The van der Waals surface area contributed by atoms with Crippen LogP contribution in [0.4, 0.5) is 0 Å². The number of nitrogens with zero attached hydrogens (tertiary/aromatic N) is 2. The Labute approximate surface area is 113 Å². The predicted octanol–water partition coefficient (Wildman–Crippen LogP) is 0.870. The van der Waals surface area contributed by atoms with Gasteiger partial charge >= 0.3 is 0 Å². The first-order valence-corrected chi connectivity index (χ1v) is 6.26. The van der Waals surface area contributed by atoms with Gasteiger partial charge in [-0.15, -0.1) is 0 Å². The monoisotopic (exact) mass is 280 g/mol. The minimum Gasteiger partial charge on any atom is -0.364 e. The SMILES string of the molecule is CC(C)(C(=O)NNC(=O)c1ccon1)c1cnsc1. The number of rotatable bonds is 3. The van der Waals surface area contributed by atoms with Crippen LogP contribution in [0.2, 0.25) is 0 Å². The van der Waals surface area contributed by atoms with E-state index in [0.29, 0.717) is 0 Å². The van der Waals surface area contributed by atoms with E-state index in [9.17, 15) is 9.59 Å². The summed E-state index contributed by atoms with van der Waals surface area (Å²) in [5.41, 5.74) is 4.72. The van der Waals surface area contributed by atoms with E-state index in [-0.39, 0.29) is 11.6 Å². The Morgan fingerprint density at radius 1 is 1.37 bits per heavy atom. The highest BCUT2D eigenvalue weighted by atomic mass is 32.1. The fourth-order valence-corrected chi connectivity index (χ4v) is 2.01. The molecule has 0 fully saturated rings. The van der Waals surface area contributed by atoms with Gasteiger partial charge in [0.25, 0.3) is 5.91 Å². The molecule has 19 heavy (non-hydrogen) atoms. The number of aromatic nitrogens is 2. The van der Waals surface area contributed by atoms with Gasteiger partial charge in [0.2, 0.25) is 5.91 Å². The molecule has 0 spiro atoms. The second-order valence-corrected chi connectivity index (χ2v) is 4.99. The smallest absolute Gasteiger partial charge is 0.291 e. The second-order valence-electron chi connectivity index (χ2n) is 4.33. The summed E-state index contributed by atoms with van der Waals surface area (Å²) in [4.78, 5) is 23.6. The zero-order valence-corrected chi connectivity index (χ0v) is 11.2.